The Bertz CT molecular complexity index is 336. The molecule has 2 rings (SSSR count). The molecular weight excluding hydrogens is 202 g/mol. The molecule has 0 bridgehead atoms. The minimum absolute atomic E-state index is 0.185. The molecule has 0 heterocycles. The van der Waals surface area contributed by atoms with Gasteiger partial charge in [0.15, 0.2) is 0 Å². The Balaban J connectivity index is 1.79. The molecule has 3 nitrogen and oxygen atoms in total. The van der Waals surface area contributed by atoms with Crippen molar-refractivity contribution in [2.24, 2.45) is 5.92 Å². The summed E-state index contributed by atoms with van der Waals surface area (Å²) < 4.78 is 5.26. The SMILES string of the molecule is COc1ccccc1CNCC(O)C1CC1. The highest BCUT2D eigenvalue weighted by Crippen LogP contribution is 2.32. The molecule has 1 saturated carbocycles. The number of benzene rings is 1. The van der Waals surface area contributed by atoms with E-state index in [1.54, 1.807) is 7.11 Å². The second kappa shape index (κ2) is 5.32. The summed E-state index contributed by atoms with van der Waals surface area (Å²) in [7, 11) is 1.68. The van der Waals surface area contributed by atoms with Crippen LogP contribution in [-0.2, 0) is 6.54 Å². The fourth-order valence-corrected chi connectivity index (χ4v) is 1.85. The van der Waals surface area contributed by atoms with Gasteiger partial charge in [-0.25, -0.2) is 0 Å². The molecule has 0 radical (unpaired) electrons. The summed E-state index contributed by atoms with van der Waals surface area (Å²) in [5.41, 5.74) is 1.13. The summed E-state index contributed by atoms with van der Waals surface area (Å²) in [6.07, 6.45) is 2.17. The van der Waals surface area contributed by atoms with Crippen LogP contribution in [0, 0.1) is 5.92 Å². The molecule has 2 N–H and O–H groups in total. The third-order valence-electron chi connectivity index (χ3n) is 3.03. The van der Waals surface area contributed by atoms with Gasteiger partial charge in [0.25, 0.3) is 0 Å². The highest BCUT2D eigenvalue weighted by atomic mass is 16.5. The first-order chi connectivity index (χ1) is 7.81. The van der Waals surface area contributed by atoms with Gasteiger partial charge in [-0.05, 0) is 24.8 Å². The van der Waals surface area contributed by atoms with Gasteiger partial charge in [-0.3, -0.25) is 0 Å². The van der Waals surface area contributed by atoms with Crippen LogP contribution in [0.1, 0.15) is 18.4 Å². The third kappa shape index (κ3) is 2.97. The summed E-state index contributed by atoms with van der Waals surface area (Å²) in [4.78, 5) is 0. The van der Waals surface area contributed by atoms with E-state index >= 15 is 0 Å². The van der Waals surface area contributed by atoms with Crippen LogP contribution in [0.2, 0.25) is 0 Å². The largest absolute Gasteiger partial charge is 0.496 e. The van der Waals surface area contributed by atoms with Gasteiger partial charge in [-0.2, -0.15) is 0 Å². The number of ether oxygens (including phenoxy) is 1. The quantitative estimate of drug-likeness (QED) is 0.766. The van der Waals surface area contributed by atoms with Crippen LogP contribution in [0.5, 0.6) is 5.75 Å². The van der Waals surface area contributed by atoms with Crippen molar-refractivity contribution in [1.82, 2.24) is 5.32 Å². The summed E-state index contributed by atoms with van der Waals surface area (Å²) in [6.45, 7) is 1.41. The van der Waals surface area contributed by atoms with Crippen molar-refractivity contribution in [2.45, 2.75) is 25.5 Å². The average Bonchev–Trinajstić information content (AvgIpc) is 3.13. The van der Waals surface area contributed by atoms with E-state index in [0.717, 1.165) is 17.9 Å². The van der Waals surface area contributed by atoms with E-state index in [9.17, 15) is 5.11 Å². The lowest BCUT2D eigenvalue weighted by atomic mass is 10.2. The van der Waals surface area contributed by atoms with Crippen LogP contribution in [0.3, 0.4) is 0 Å². The maximum atomic E-state index is 9.70. The van der Waals surface area contributed by atoms with Crippen molar-refractivity contribution in [1.29, 1.82) is 0 Å². The number of para-hydroxylation sites is 1. The molecule has 1 unspecified atom stereocenters. The van der Waals surface area contributed by atoms with Crippen LogP contribution in [-0.4, -0.2) is 24.9 Å². The predicted molar refractivity (Wildman–Crippen MR) is 63.4 cm³/mol. The second-order valence-electron chi connectivity index (χ2n) is 4.35. The summed E-state index contributed by atoms with van der Waals surface area (Å²) in [5, 5.41) is 13.0. The normalized spacial score (nSPS) is 17.1. The molecule has 1 atom stereocenters. The lowest BCUT2D eigenvalue weighted by Gasteiger charge is -2.12. The van der Waals surface area contributed by atoms with Gasteiger partial charge in [0.2, 0.25) is 0 Å². The number of aliphatic hydroxyl groups is 1. The zero-order chi connectivity index (χ0) is 11.4. The van der Waals surface area contributed by atoms with Crippen molar-refractivity contribution >= 4 is 0 Å². The maximum absolute atomic E-state index is 9.70. The van der Waals surface area contributed by atoms with Gasteiger partial charge >= 0.3 is 0 Å². The maximum Gasteiger partial charge on any atom is 0.123 e. The van der Waals surface area contributed by atoms with Gasteiger partial charge in [0.1, 0.15) is 5.75 Å². The molecule has 1 fully saturated rings. The van der Waals surface area contributed by atoms with Crippen LogP contribution in [0.15, 0.2) is 24.3 Å². The van der Waals surface area contributed by atoms with Crippen LogP contribution in [0.4, 0.5) is 0 Å². The molecule has 0 aliphatic heterocycles. The topological polar surface area (TPSA) is 41.5 Å². The minimum Gasteiger partial charge on any atom is -0.496 e. The van der Waals surface area contributed by atoms with Crippen LogP contribution < -0.4 is 10.1 Å². The van der Waals surface area contributed by atoms with Crippen LogP contribution >= 0.6 is 0 Å². The number of aliphatic hydroxyl groups excluding tert-OH is 1. The molecular formula is C13H19NO2. The smallest absolute Gasteiger partial charge is 0.123 e. The number of hydrogen-bond donors (Lipinski definition) is 2. The molecule has 0 saturated heterocycles. The van der Waals surface area contributed by atoms with Gasteiger partial charge in [-0.15, -0.1) is 0 Å². The Kier molecular flexibility index (Phi) is 3.80. The van der Waals surface area contributed by atoms with E-state index in [2.05, 4.69) is 5.32 Å². The fraction of sp³-hybridized carbons (Fsp3) is 0.538. The Morgan fingerprint density at radius 3 is 2.88 bits per heavy atom. The van der Waals surface area contributed by atoms with E-state index in [0.29, 0.717) is 12.5 Å². The van der Waals surface area contributed by atoms with Crippen molar-refractivity contribution < 1.29 is 9.84 Å². The molecule has 88 valence electrons. The van der Waals surface area contributed by atoms with Gasteiger partial charge in [0.05, 0.1) is 13.2 Å². The average molecular weight is 221 g/mol. The number of methoxy groups -OCH3 is 1. The molecule has 1 aliphatic rings. The van der Waals surface area contributed by atoms with Crippen molar-refractivity contribution in [3.63, 3.8) is 0 Å². The zero-order valence-electron chi connectivity index (χ0n) is 9.65. The molecule has 1 aromatic carbocycles. The van der Waals surface area contributed by atoms with Crippen LogP contribution in [0.25, 0.3) is 0 Å². The number of nitrogens with one attached hydrogen (secondary N) is 1. The van der Waals surface area contributed by atoms with Gasteiger partial charge < -0.3 is 15.2 Å². The molecule has 1 aliphatic carbocycles. The summed E-state index contributed by atoms with van der Waals surface area (Å²) in [5.74, 6) is 1.43. The van der Waals surface area contributed by atoms with E-state index in [4.69, 9.17) is 4.74 Å². The van der Waals surface area contributed by atoms with Crippen molar-refractivity contribution in [3.05, 3.63) is 29.8 Å². The highest BCUT2D eigenvalue weighted by Gasteiger charge is 2.29. The zero-order valence-corrected chi connectivity index (χ0v) is 9.65. The van der Waals surface area contributed by atoms with Crippen molar-refractivity contribution in [2.75, 3.05) is 13.7 Å². The Labute approximate surface area is 96.4 Å². The summed E-state index contributed by atoms with van der Waals surface area (Å²) >= 11 is 0. The first kappa shape index (κ1) is 11.4. The molecule has 0 amide bonds. The second-order valence-corrected chi connectivity index (χ2v) is 4.35. The predicted octanol–water partition coefficient (Wildman–Crippen LogP) is 1.56. The van der Waals surface area contributed by atoms with Crippen molar-refractivity contribution in [3.8, 4) is 5.75 Å². The third-order valence-corrected chi connectivity index (χ3v) is 3.03. The van der Waals surface area contributed by atoms with E-state index in [1.807, 2.05) is 24.3 Å². The molecule has 0 aromatic heterocycles. The molecule has 3 heteroatoms. The van der Waals surface area contributed by atoms with E-state index in [1.165, 1.54) is 12.8 Å². The standard InChI is InChI=1S/C13H19NO2/c1-16-13-5-3-2-4-11(13)8-14-9-12(15)10-6-7-10/h2-5,10,12,14-15H,6-9H2,1H3. The minimum atomic E-state index is -0.185. The highest BCUT2D eigenvalue weighted by molar-refractivity contribution is 5.32. The molecule has 16 heavy (non-hydrogen) atoms. The first-order valence-electron chi connectivity index (χ1n) is 5.82. The Morgan fingerprint density at radius 2 is 2.19 bits per heavy atom. The van der Waals surface area contributed by atoms with Gasteiger partial charge in [0, 0.05) is 18.7 Å². The lowest BCUT2D eigenvalue weighted by molar-refractivity contribution is 0.148. The lowest BCUT2D eigenvalue weighted by Crippen LogP contribution is -2.27. The van der Waals surface area contributed by atoms with Gasteiger partial charge in [-0.1, -0.05) is 18.2 Å². The van der Waals surface area contributed by atoms with E-state index in [-0.39, 0.29) is 6.10 Å². The fourth-order valence-electron chi connectivity index (χ4n) is 1.85. The first-order valence-corrected chi connectivity index (χ1v) is 5.82. The Hall–Kier alpha value is -1.06. The van der Waals surface area contributed by atoms with E-state index < -0.39 is 0 Å². The Morgan fingerprint density at radius 1 is 1.44 bits per heavy atom. The summed E-state index contributed by atoms with van der Waals surface area (Å²) in [6, 6.07) is 7.95. The number of hydrogen-bond acceptors (Lipinski definition) is 3. The molecule has 1 aromatic rings. The number of rotatable bonds is 6. The monoisotopic (exact) mass is 221 g/mol. The molecule has 0 spiro atoms.